The molecule has 0 atom stereocenters. The van der Waals surface area contributed by atoms with E-state index in [4.69, 9.17) is 5.26 Å². The predicted octanol–water partition coefficient (Wildman–Crippen LogP) is 0.169. The number of carbonyl (C=O) groups is 1. The SMILES string of the molecule is CS(=O)(=O)c1nc(C=O)ccc1C#N. The lowest BCUT2D eigenvalue weighted by atomic mass is 10.3. The number of rotatable bonds is 2. The van der Waals surface area contributed by atoms with Gasteiger partial charge in [0, 0.05) is 6.26 Å². The van der Waals surface area contributed by atoms with Crippen molar-refractivity contribution in [3.05, 3.63) is 23.4 Å². The summed E-state index contributed by atoms with van der Waals surface area (Å²) in [5, 5.41) is 8.25. The van der Waals surface area contributed by atoms with Gasteiger partial charge in [0.25, 0.3) is 0 Å². The Bertz CT molecular complexity index is 514. The normalized spacial score (nSPS) is 10.6. The van der Waals surface area contributed by atoms with Crippen molar-refractivity contribution < 1.29 is 13.2 Å². The highest BCUT2D eigenvalue weighted by Gasteiger charge is 2.15. The Labute approximate surface area is 80.9 Å². The number of aldehydes is 1. The number of sulfone groups is 1. The monoisotopic (exact) mass is 210 g/mol. The standard InChI is InChI=1S/C8H6N2O3S/c1-14(12,13)8-6(4-9)2-3-7(5-11)10-8/h2-3,5H,1H3. The Morgan fingerprint density at radius 1 is 1.50 bits per heavy atom. The van der Waals surface area contributed by atoms with E-state index in [2.05, 4.69) is 4.98 Å². The van der Waals surface area contributed by atoms with Gasteiger partial charge in [-0.3, -0.25) is 4.79 Å². The quantitative estimate of drug-likeness (QED) is 0.649. The second-order valence-corrected chi connectivity index (χ2v) is 4.52. The zero-order valence-corrected chi connectivity index (χ0v) is 8.08. The smallest absolute Gasteiger partial charge is 0.194 e. The van der Waals surface area contributed by atoms with Gasteiger partial charge in [-0.15, -0.1) is 0 Å². The van der Waals surface area contributed by atoms with Crippen LogP contribution in [0.4, 0.5) is 0 Å². The van der Waals surface area contributed by atoms with Crippen LogP contribution < -0.4 is 0 Å². The van der Waals surface area contributed by atoms with E-state index in [9.17, 15) is 13.2 Å². The highest BCUT2D eigenvalue weighted by molar-refractivity contribution is 7.90. The summed E-state index contributed by atoms with van der Waals surface area (Å²) in [5.41, 5.74) is -0.0671. The summed E-state index contributed by atoms with van der Waals surface area (Å²) in [6.45, 7) is 0. The first-order chi connectivity index (χ1) is 6.49. The molecule has 0 saturated heterocycles. The van der Waals surface area contributed by atoms with Crippen LogP contribution in [-0.4, -0.2) is 25.9 Å². The molecule has 1 aromatic heterocycles. The van der Waals surface area contributed by atoms with Gasteiger partial charge in [-0.2, -0.15) is 5.26 Å². The average Bonchev–Trinajstić information content (AvgIpc) is 2.15. The van der Waals surface area contributed by atoms with Crippen LogP contribution in [0.25, 0.3) is 0 Å². The first kappa shape index (κ1) is 10.3. The molecule has 1 aromatic rings. The first-order valence-electron chi connectivity index (χ1n) is 3.55. The van der Waals surface area contributed by atoms with E-state index in [0.717, 1.165) is 6.26 Å². The highest BCUT2D eigenvalue weighted by atomic mass is 32.2. The summed E-state index contributed by atoms with van der Waals surface area (Å²) in [5.74, 6) is 0. The minimum absolute atomic E-state index is 0.00979. The lowest BCUT2D eigenvalue weighted by molar-refractivity contribution is 0.111. The van der Waals surface area contributed by atoms with Gasteiger partial charge < -0.3 is 0 Å². The van der Waals surface area contributed by atoms with E-state index in [-0.39, 0.29) is 16.3 Å². The molecule has 0 aliphatic rings. The van der Waals surface area contributed by atoms with Gasteiger partial charge in [0.05, 0.1) is 5.56 Å². The molecule has 0 bridgehead atoms. The minimum atomic E-state index is -3.57. The Morgan fingerprint density at radius 3 is 2.57 bits per heavy atom. The van der Waals surface area contributed by atoms with Crippen LogP contribution in [0.1, 0.15) is 16.1 Å². The molecule has 0 saturated carbocycles. The molecule has 0 radical (unpaired) electrons. The minimum Gasteiger partial charge on any atom is -0.296 e. The van der Waals surface area contributed by atoms with Crippen molar-refractivity contribution in [3.63, 3.8) is 0 Å². The van der Waals surface area contributed by atoms with Crippen molar-refractivity contribution in [2.75, 3.05) is 6.26 Å². The van der Waals surface area contributed by atoms with Gasteiger partial charge in [0.15, 0.2) is 21.1 Å². The molecule has 0 aromatic carbocycles. The topological polar surface area (TPSA) is 87.9 Å². The maximum absolute atomic E-state index is 11.2. The maximum atomic E-state index is 11.2. The molecule has 72 valence electrons. The Hall–Kier alpha value is -1.74. The molecule has 0 aliphatic carbocycles. The summed E-state index contributed by atoms with van der Waals surface area (Å²) >= 11 is 0. The van der Waals surface area contributed by atoms with Gasteiger partial charge in [0.1, 0.15) is 11.8 Å². The number of nitrogens with zero attached hydrogens (tertiary/aromatic N) is 2. The molecule has 1 rings (SSSR count). The molecule has 5 nitrogen and oxygen atoms in total. The molecule has 0 unspecified atom stereocenters. The second kappa shape index (κ2) is 3.55. The summed E-state index contributed by atoms with van der Waals surface area (Å²) in [4.78, 5) is 13.9. The van der Waals surface area contributed by atoms with Crippen LogP contribution in [0.2, 0.25) is 0 Å². The van der Waals surface area contributed by atoms with Crippen LogP contribution in [0.15, 0.2) is 17.2 Å². The summed E-state index contributed by atoms with van der Waals surface area (Å²) in [6, 6.07) is 4.24. The summed E-state index contributed by atoms with van der Waals surface area (Å²) in [6.07, 6.45) is 1.36. The van der Waals surface area contributed by atoms with E-state index >= 15 is 0 Å². The number of nitriles is 1. The first-order valence-corrected chi connectivity index (χ1v) is 5.44. The van der Waals surface area contributed by atoms with E-state index < -0.39 is 9.84 Å². The van der Waals surface area contributed by atoms with Crippen molar-refractivity contribution in [2.24, 2.45) is 0 Å². The number of pyridine rings is 1. The molecule has 0 spiro atoms. The third-order valence-electron chi connectivity index (χ3n) is 1.47. The number of hydrogen-bond acceptors (Lipinski definition) is 5. The van der Waals surface area contributed by atoms with E-state index in [1.807, 2.05) is 0 Å². The molecule has 0 fully saturated rings. The molecule has 0 aliphatic heterocycles. The van der Waals surface area contributed by atoms with E-state index in [1.54, 1.807) is 6.07 Å². The Kier molecular flexibility index (Phi) is 2.63. The fraction of sp³-hybridized carbons (Fsp3) is 0.125. The fourth-order valence-electron chi connectivity index (χ4n) is 0.888. The van der Waals surface area contributed by atoms with Crippen LogP contribution in [0, 0.1) is 11.3 Å². The maximum Gasteiger partial charge on any atom is 0.194 e. The van der Waals surface area contributed by atoms with E-state index in [1.165, 1.54) is 12.1 Å². The Balaban J connectivity index is 3.55. The van der Waals surface area contributed by atoms with Crippen molar-refractivity contribution >= 4 is 16.1 Å². The lowest BCUT2D eigenvalue weighted by Gasteiger charge is -1.99. The number of hydrogen-bond donors (Lipinski definition) is 0. The van der Waals surface area contributed by atoms with Crippen molar-refractivity contribution in [1.82, 2.24) is 4.98 Å². The van der Waals surface area contributed by atoms with Crippen molar-refractivity contribution in [2.45, 2.75) is 5.03 Å². The van der Waals surface area contributed by atoms with Crippen LogP contribution >= 0.6 is 0 Å². The summed E-state index contributed by atoms with van der Waals surface area (Å²) in [7, 11) is -3.57. The molecule has 0 N–H and O–H groups in total. The molecular weight excluding hydrogens is 204 g/mol. The van der Waals surface area contributed by atoms with Crippen LogP contribution in [0.5, 0.6) is 0 Å². The van der Waals surface area contributed by atoms with Gasteiger partial charge in [0.2, 0.25) is 0 Å². The molecule has 6 heteroatoms. The molecule has 1 heterocycles. The van der Waals surface area contributed by atoms with Gasteiger partial charge in [-0.05, 0) is 12.1 Å². The van der Waals surface area contributed by atoms with E-state index in [0.29, 0.717) is 6.29 Å². The molecular formula is C8H6N2O3S. The fourth-order valence-corrected chi connectivity index (χ4v) is 1.67. The van der Waals surface area contributed by atoms with Gasteiger partial charge >= 0.3 is 0 Å². The van der Waals surface area contributed by atoms with Crippen LogP contribution in [0.3, 0.4) is 0 Å². The second-order valence-electron chi connectivity index (χ2n) is 2.59. The predicted molar refractivity (Wildman–Crippen MR) is 47.4 cm³/mol. The largest absolute Gasteiger partial charge is 0.296 e. The van der Waals surface area contributed by atoms with Gasteiger partial charge in [-0.1, -0.05) is 0 Å². The highest BCUT2D eigenvalue weighted by Crippen LogP contribution is 2.11. The lowest BCUT2D eigenvalue weighted by Crippen LogP contribution is -2.05. The van der Waals surface area contributed by atoms with Crippen LogP contribution in [-0.2, 0) is 9.84 Å². The number of carbonyl (C=O) groups excluding carboxylic acids is 1. The molecule has 14 heavy (non-hydrogen) atoms. The molecule has 0 amide bonds. The van der Waals surface area contributed by atoms with Crippen molar-refractivity contribution in [1.29, 1.82) is 5.26 Å². The third-order valence-corrected chi connectivity index (χ3v) is 2.49. The zero-order valence-electron chi connectivity index (χ0n) is 7.26. The average molecular weight is 210 g/mol. The number of aromatic nitrogens is 1. The zero-order chi connectivity index (χ0) is 10.8. The van der Waals surface area contributed by atoms with Crippen molar-refractivity contribution in [3.8, 4) is 6.07 Å². The Morgan fingerprint density at radius 2 is 2.14 bits per heavy atom. The van der Waals surface area contributed by atoms with Gasteiger partial charge in [-0.25, -0.2) is 13.4 Å². The third kappa shape index (κ3) is 1.95. The summed E-state index contributed by atoms with van der Waals surface area (Å²) < 4.78 is 22.3.